The van der Waals surface area contributed by atoms with Gasteiger partial charge in [-0.2, -0.15) is 13.2 Å². The number of hydrogen-bond acceptors (Lipinski definition) is 3. The van der Waals surface area contributed by atoms with Gasteiger partial charge in [-0.25, -0.2) is 4.79 Å². The van der Waals surface area contributed by atoms with Crippen molar-refractivity contribution in [1.82, 2.24) is 15.2 Å². The summed E-state index contributed by atoms with van der Waals surface area (Å²) in [7, 11) is 0. The van der Waals surface area contributed by atoms with E-state index in [1.807, 2.05) is 0 Å². The van der Waals surface area contributed by atoms with Crippen LogP contribution in [0.15, 0.2) is 48.7 Å². The predicted octanol–water partition coefficient (Wildman–Crippen LogP) is 3.53. The second kappa shape index (κ2) is 8.28. The Hall–Kier alpha value is -3.10. The maximum atomic E-state index is 12.6. The number of rotatable bonds is 3. The highest BCUT2D eigenvalue weighted by Crippen LogP contribution is 2.29. The Balaban J connectivity index is 1.47. The molecule has 0 aliphatic carbocycles. The molecule has 3 rings (SSSR count). The number of hydrogen-bond donors (Lipinski definition) is 2. The van der Waals surface area contributed by atoms with Crippen LogP contribution in [0, 0.1) is 0 Å². The van der Waals surface area contributed by atoms with Crippen LogP contribution < -0.4 is 10.6 Å². The molecule has 0 spiro atoms. The molecule has 1 aromatic carbocycles. The Labute approximate surface area is 159 Å². The zero-order valence-corrected chi connectivity index (χ0v) is 14.9. The number of pyridine rings is 1. The number of halogens is 3. The highest BCUT2D eigenvalue weighted by molar-refractivity contribution is 5.92. The minimum Gasteiger partial charge on any atom is -0.337 e. The summed E-state index contributed by atoms with van der Waals surface area (Å²) in [5.74, 6) is -0.145. The number of anilines is 1. The predicted molar refractivity (Wildman–Crippen MR) is 96.8 cm³/mol. The summed E-state index contributed by atoms with van der Waals surface area (Å²) in [4.78, 5) is 30.2. The molecule has 2 aromatic rings. The van der Waals surface area contributed by atoms with Crippen LogP contribution in [0.2, 0.25) is 0 Å². The van der Waals surface area contributed by atoms with Crippen LogP contribution in [0.1, 0.15) is 28.9 Å². The minimum absolute atomic E-state index is 0.123. The van der Waals surface area contributed by atoms with Gasteiger partial charge in [-0.1, -0.05) is 6.07 Å². The molecule has 1 fully saturated rings. The van der Waals surface area contributed by atoms with Gasteiger partial charge in [-0.05, 0) is 49.2 Å². The van der Waals surface area contributed by atoms with Gasteiger partial charge < -0.3 is 15.5 Å². The van der Waals surface area contributed by atoms with Crippen molar-refractivity contribution in [3.05, 3.63) is 59.9 Å². The molecule has 1 aromatic heterocycles. The number of aromatic nitrogens is 1. The lowest BCUT2D eigenvalue weighted by molar-refractivity contribution is -0.137. The second-order valence-corrected chi connectivity index (χ2v) is 6.46. The van der Waals surface area contributed by atoms with Crippen molar-refractivity contribution < 1.29 is 22.8 Å². The number of nitrogens with zero attached hydrogens (tertiary/aromatic N) is 2. The van der Waals surface area contributed by atoms with E-state index in [1.165, 1.54) is 12.1 Å². The zero-order valence-electron chi connectivity index (χ0n) is 14.9. The van der Waals surface area contributed by atoms with Gasteiger partial charge in [0.15, 0.2) is 0 Å². The van der Waals surface area contributed by atoms with Crippen LogP contribution in [0.25, 0.3) is 0 Å². The van der Waals surface area contributed by atoms with E-state index in [9.17, 15) is 22.8 Å². The number of carbonyl (C=O) groups is 2. The molecule has 0 bridgehead atoms. The molecule has 6 nitrogen and oxygen atoms in total. The van der Waals surface area contributed by atoms with Crippen molar-refractivity contribution >= 4 is 17.6 Å². The van der Waals surface area contributed by atoms with Crippen molar-refractivity contribution in [2.75, 3.05) is 18.4 Å². The number of likely N-dealkylation sites (tertiary alicyclic amines) is 1. The quantitative estimate of drug-likeness (QED) is 0.839. The van der Waals surface area contributed by atoms with Gasteiger partial charge in [0.25, 0.3) is 5.91 Å². The SMILES string of the molecule is O=C(Nc1ccc(C(F)(F)F)cc1)NC1CCN(C(=O)c2ccccn2)CC1. The smallest absolute Gasteiger partial charge is 0.337 e. The summed E-state index contributed by atoms with van der Waals surface area (Å²) in [5.41, 5.74) is -0.120. The van der Waals surface area contributed by atoms with Crippen molar-refractivity contribution in [3.8, 4) is 0 Å². The summed E-state index contributed by atoms with van der Waals surface area (Å²) >= 11 is 0. The molecule has 9 heteroatoms. The van der Waals surface area contributed by atoms with Gasteiger partial charge in [-0.3, -0.25) is 9.78 Å². The van der Waals surface area contributed by atoms with Gasteiger partial charge in [0, 0.05) is 31.0 Å². The molecule has 1 aliphatic heterocycles. The lowest BCUT2D eigenvalue weighted by atomic mass is 10.0. The maximum Gasteiger partial charge on any atom is 0.416 e. The number of amides is 3. The first kappa shape index (κ1) is 19.7. The molecule has 0 radical (unpaired) electrons. The van der Waals surface area contributed by atoms with Gasteiger partial charge >= 0.3 is 12.2 Å². The Kier molecular flexibility index (Phi) is 5.81. The molecule has 28 heavy (non-hydrogen) atoms. The Morgan fingerprint density at radius 3 is 2.29 bits per heavy atom. The summed E-state index contributed by atoms with van der Waals surface area (Å²) in [6, 6.07) is 8.77. The second-order valence-electron chi connectivity index (χ2n) is 6.46. The fourth-order valence-electron chi connectivity index (χ4n) is 2.97. The molecule has 148 valence electrons. The average Bonchev–Trinajstić information content (AvgIpc) is 2.68. The van der Waals surface area contributed by atoms with Crippen molar-refractivity contribution in [1.29, 1.82) is 0 Å². The first-order valence-corrected chi connectivity index (χ1v) is 8.78. The molecular formula is C19H19F3N4O2. The number of piperidine rings is 1. The van der Waals surface area contributed by atoms with Gasteiger partial charge in [0.1, 0.15) is 5.69 Å². The zero-order chi connectivity index (χ0) is 20.1. The highest BCUT2D eigenvalue weighted by Gasteiger charge is 2.30. The summed E-state index contributed by atoms with van der Waals surface area (Å²) in [6.07, 6.45) is -1.69. The molecule has 1 aliphatic rings. The van der Waals surface area contributed by atoms with Crippen molar-refractivity contribution in [3.63, 3.8) is 0 Å². The standard InChI is InChI=1S/C19H19F3N4O2/c20-19(21,22)13-4-6-14(7-5-13)24-18(28)25-15-8-11-26(12-9-15)17(27)16-3-1-2-10-23-16/h1-7,10,15H,8-9,11-12H2,(H2,24,25,28). The molecule has 0 atom stereocenters. The van der Waals surface area contributed by atoms with E-state index in [0.29, 0.717) is 31.6 Å². The van der Waals surface area contributed by atoms with Crippen molar-refractivity contribution in [2.24, 2.45) is 0 Å². The number of carbonyl (C=O) groups excluding carboxylic acids is 2. The van der Waals surface area contributed by atoms with Crippen LogP contribution in [0.5, 0.6) is 0 Å². The van der Waals surface area contributed by atoms with E-state index in [0.717, 1.165) is 12.1 Å². The average molecular weight is 392 g/mol. The molecule has 1 saturated heterocycles. The third kappa shape index (κ3) is 4.99. The summed E-state index contributed by atoms with van der Waals surface area (Å²) < 4.78 is 37.7. The van der Waals surface area contributed by atoms with Crippen LogP contribution in [0.4, 0.5) is 23.7 Å². The Morgan fingerprint density at radius 2 is 1.71 bits per heavy atom. The number of alkyl halides is 3. The third-order valence-electron chi connectivity index (χ3n) is 4.47. The van der Waals surface area contributed by atoms with E-state index in [-0.39, 0.29) is 17.6 Å². The Morgan fingerprint density at radius 1 is 1.04 bits per heavy atom. The molecule has 0 unspecified atom stereocenters. The van der Waals surface area contributed by atoms with Gasteiger partial charge in [-0.15, -0.1) is 0 Å². The van der Waals surface area contributed by atoms with Crippen LogP contribution in [-0.4, -0.2) is 41.0 Å². The monoisotopic (exact) mass is 392 g/mol. The number of urea groups is 1. The molecule has 0 saturated carbocycles. The summed E-state index contributed by atoms with van der Waals surface area (Å²) in [5, 5.41) is 5.31. The highest BCUT2D eigenvalue weighted by atomic mass is 19.4. The largest absolute Gasteiger partial charge is 0.416 e. The lowest BCUT2D eigenvalue weighted by Gasteiger charge is -2.32. The van der Waals surface area contributed by atoms with Crippen LogP contribution in [-0.2, 0) is 6.18 Å². The summed E-state index contributed by atoms with van der Waals surface area (Å²) in [6.45, 7) is 0.973. The fraction of sp³-hybridized carbons (Fsp3) is 0.316. The van der Waals surface area contributed by atoms with Gasteiger partial charge in [0.2, 0.25) is 0 Å². The van der Waals surface area contributed by atoms with E-state index >= 15 is 0 Å². The van der Waals surface area contributed by atoms with Crippen LogP contribution in [0.3, 0.4) is 0 Å². The topological polar surface area (TPSA) is 74.3 Å². The first-order chi connectivity index (χ1) is 13.3. The van der Waals surface area contributed by atoms with E-state index < -0.39 is 17.8 Å². The van der Waals surface area contributed by atoms with E-state index in [2.05, 4.69) is 15.6 Å². The normalized spacial score (nSPS) is 15.2. The maximum absolute atomic E-state index is 12.6. The molecular weight excluding hydrogens is 373 g/mol. The Bertz CT molecular complexity index is 817. The van der Waals surface area contributed by atoms with E-state index in [4.69, 9.17) is 0 Å². The lowest BCUT2D eigenvalue weighted by Crippen LogP contribution is -2.47. The molecule has 2 N–H and O–H groups in total. The van der Waals surface area contributed by atoms with Gasteiger partial charge in [0.05, 0.1) is 5.56 Å². The van der Waals surface area contributed by atoms with E-state index in [1.54, 1.807) is 29.3 Å². The van der Waals surface area contributed by atoms with Crippen molar-refractivity contribution in [2.45, 2.75) is 25.1 Å². The molecule has 3 amide bonds. The number of benzene rings is 1. The fourth-order valence-corrected chi connectivity index (χ4v) is 2.97. The molecule has 2 heterocycles. The number of nitrogens with one attached hydrogen (secondary N) is 2. The van der Waals surface area contributed by atoms with Crippen LogP contribution >= 0.6 is 0 Å². The third-order valence-corrected chi connectivity index (χ3v) is 4.47. The first-order valence-electron chi connectivity index (χ1n) is 8.78. The minimum atomic E-state index is -4.42.